The Morgan fingerprint density at radius 3 is 2.65 bits per heavy atom. The van der Waals surface area contributed by atoms with Crippen LogP contribution in [0.5, 0.6) is 0 Å². The summed E-state index contributed by atoms with van der Waals surface area (Å²) >= 11 is 1.53. The Labute approximate surface area is 158 Å². The average Bonchev–Trinajstić information content (AvgIpc) is 2.82. The minimum atomic E-state index is -0.656. The van der Waals surface area contributed by atoms with Gasteiger partial charge in [0.25, 0.3) is 0 Å². The van der Waals surface area contributed by atoms with Crippen LogP contribution in [0.2, 0.25) is 0 Å². The van der Waals surface area contributed by atoms with Gasteiger partial charge < -0.3 is 10.1 Å². The zero-order valence-electron chi connectivity index (χ0n) is 16.2. The van der Waals surface area contributed by atoms with Gasteiger partial charge in [0, 0.05) is 11.3 Å². The molecule has 2 amide bonds. The van der Waals surface area contributed by atoms with E-state index >= 15 is 0 Å². The van der Waals surface area contributed by atoms with E-state index in [1.54, 1.807) is 39.8 Å². The third kappa shape index (κ3) is 4.69. The van der Waals surface area contributed by atoms with E-state index in [0.29, 0.717) is 17.0 Å². The van der Waals surface area contributed by atoms with Crippen LogP contribution in [0, 0.1) is 12.7 Å². The highest BCUT2D eigenvalue weighted by Crippen LogP contribution is 2.40. The van der Waals surface area contributed by atoms with Gasteiger partial charge in [-0.25, -0.2) is 9.18 Å². The number of nitrogens with one attached hydrogen (secondary N) is 1. The van der Waals surface area contributed by atoms with E-state index < -0.39 is 22.5 Å². The first kappa shape index (κ1) is 20.6. The summed E-state index contributed by atoms with van der Waals surface area (Å²) in [5.74, 6) is -0.183. The third-order valence-corrected chi connectivity index (χ3v) is 5.63. The Bertz CT molecular complexity index is 701. The van der Waals surface area contributed by atoms with E-state index in [0.717, 1.165) is 0 Å². The van der Waals surface area contributed by atoms with Crippen LogP contribution in [0.3, 0.4) is 0 Å². The molecule has 1 fully saturated rings. The second kappa shape index (κ2) is 7.47. The molecule has 1 aromatic carbocycles. The molecular weight excluding hydrogens is 355 g/mol. The van der Waals surface area contributed by atoms with Gasteiger partial charge in [0.05, 0.1) is 5.88 Å². The summed E-state index contributed by atoms with van der Waals surface area (Å²) in [6.45, 7) is 11.1. The van der Waals surface area contributed by atoms with E-state index in [1.165, 1.54) is 22.7 Å². The van der Waals surface area contributed by atoms with Crippen molar-refractivity contribution in [2.45, 2.75) is 64.5 Å². The van der Waals surface area contributed by atoms with Crippen LogP contribution in [0.4, 0.5) is 9.18 Å². The van der Waals surface area contributed by atoms with Gasteiger partial charge in [-0.05, 0) is 58.7 Å². The minimum absolute atomic E-state index is 0.210. The summed E-state index contributed by atoms with van der Waals surface area (Å²) in [5, 5.41) is 2.84. The summed E-state index contributed by atoms with van der Waals surface area (Å²) in [4.78, 5) is 26.8. The van der Waals surface area contributed by atoms with Gasteiger partial charge in [0.15, 0.2) is 0 Å². The second-order valence-corrected chi connectivity index (χ2v) is 9.57. The lowest BCUT2D eigenvalue weighted by atomic mass is 10.0. The van der Waals surface area contributed by atoms with Crippen molar-refractivity contribution in [2.24, 2.45) is 0 Å². The molecule has 0 unspecified atom stereocenters. The molecule has 1 aromatic rings. The molecule has 0 saturated carbocycles. The summed E-state index contributed by atoms with van der Waals surface area (Å²) in [6.07, 6.45) is -0.502. The van der Waals surface area contributed by atoms with E-state index in [-0.39, 0.29) is 18.3 Å². The maximum atomic E-state index is 13.7. The standard InChI is InChI=1S/C19H27FN2O3S/c1-12-13(8-7-9-14(12)20)10-21-16(23)15-19(5,6)26-11-22(15)17(24)25-18(2,3)4/h7-9,15H,10-11H2,1-6H3,(H,21,23)/t15-/m1/s1. The van der Waals surface area contributed by atoms with Crippen molar-refractivity contribution in [1.82, 2.24) is 10.2 Å². The Morgan fingerprint density at radius 2 is 2.04 bits per heavy atom. The van der Waals surface area contributed by atoms with Crippen molar-refractivity contribution in [3.05, 3.63) is 35.1 Å². The number of nitrogens with zero attached hydrogens (tertiary/aromatic N) is 1. The monoisotopic (exact) mass is 382 g/mol. The van der Waals surface area contributed by atoms with Crippen molar-refractivity contribution in [1.29, 1.82) is 0 Å². The molecule has 26 heavy (non-hydrogen) atoms. The van der Waals surface area contributed by atoms with Crippen LogP contribution >= 0.6 is 11.8 Å². The van der Waals surface area contributed by atoms with Gasteiger partial charge in [-0.15, -0.1) is 11.8 Å². The molecule has 0 spiro atoms. The lowest BCUT2D eigenvalue weighted by Gasteiger charge is -2.31. The Morgan fingerprint density at radius 1 is 1.38 bits per heavy atom. The lowest BCUT2D eigenvalue weighted by molar-refractivity contribution is -0.126. The number of thioether (sulfide) groups is 1. The third-order valence-electron chi connectivity index (χ3n) is 4.26. The number of benzene rings is 1. The van der Waals surface area contributed by atoms with Gasteiger partial charge in [-0.3, -0.25) is 9.69 Å². The van der Waals surface area contributed by atoms with E-state index in [2.05, 4.69) is 5.32 Å². The SMILES string of the molecule is Cc1c(F)cccc1CNC(=O)[C@H]1N(C(=O)OC(C)(C)C)CSC1(C)C. The average molecular weight is 383 g/mol. The molecule has 0 aromatic heterocycles. The number of hydrogen-bond acceptors (Lipinski definition) is 4. The molecule has 1 heterocycles. The van der Waals surface area contributed by atoms with Gasteiger partial charge in [-0.2, -0.15) is 0 Å². The molecule has 2 rings (SSSR count). The first-order valence-corrected chi connectivity index (χ1v) is 9.56. The van der Waals surface area contributed by atoms with Crippen LogP contribution in [-0.2, 0) is 16.1 Å². The van der Waals surface area contributed by atoms with Crippen LogP contribution in [0.15, 0.2) is 18.2 Å². The quantitative estimate of drug-likeness (QED) is 0.863. The molecule has 0 bridgehead atoms. The van der Waals surface area contributed by atoms with Crippen molar-refractivity contribution in [3.8, 4) is 0 Å². The molecule has 0 radical (unpaired) electrons. The van der Waals surface area contributed by atoms with Crippen LogP contribution in [-0.4, -0.2) is 39.2 Å². The Hall–Kier alpha value is -1.76. The fraction of sp³-hybridized carbons (Fsp3) is 0.579. The van der Waals surface area contributed by atoms with Gasteiger partial charge >= 0.3 is 6.09 Å². The number of carbonyl (C=O) groups is 2. The highest BCUT2D eigenvalue weighted by atomic mass is 32.2. The molecule has 1 aliphatic heterocycles. The van der Waals surface area contributed by atoms with Gasteiger partial charge in [-0.1, -0.05) is 12.1 Å². The van der Waals surface area contributed by atoms with Gasteiger partial charge in [0.1, 0.15) is 17.5 Å². The normalized spacial score (nSPS) is 19.3. The molecule has 1 N–H and O–H groups in total. The zero-order valence-corrected chi connectivity index (χ0v) is 17.0. The molecule has 1 atom stereocenters. The fourth-order valence-electron chi connectivity index (χ4n) is 2.82. The van der Waals surface area contributed by atoms with Crippen molar-refractivity contribution in [3.63, 3.8) is 0 Å². The summed E-state index contributed by atoms with van der Waals surface area (Å²) in [7, 11) is 0. The predicted octanol–water partition coefficient (Wildman–Crippen LogP) is 3.84. The first-order chi connectivity index (χ1) is 11.9. The number of carbonyl (C=O) groups excluding carboxylic acids is 2. The predicted molar refractivity (Wildman–Crippen MR) is 101 cm³/mol. The van der Waals surface area contributed by atoms with Crippen molar-refractivity contribution >= 4 is 23.8 Å². The van der Waals surface area contributed by atoms with Crippen molar-refractivity contribution in [2.75, 3.05) is 5.88 Å². The number of amides is 2. The molecule has 144 valence electrons. The zero-order chi connectivity index (χ0) is 19.7. The number of rotatable bonds is 3. The number of halogens is 1. The number of ether oxygens (including phenoxy) is 1. The topological polar surface area (TPSA) is 58.6 Å². The smallest absolute Gasteiger partial charge is 0.411 e. The van der Waals surface area contributed by atoms with E-state index in [9.17, 15) is 14.0 Å². The van der Waals surface area contributed by atoms with Crippen LogP contribution in [0.25, 0.3) is 0 Å². The lowest BCUT2D eigenvalue weighted by Crippen LogP contribution is -2.54. The Kier molecular flexibility index (Phi) is 5.90. The van der Waals surface area contributed by atoms with Crippen LogP contribution < -0.4 is 5.32 Å². The number of hydrogen-bond donors (Lipinski definition) is 1. The summed E-state index contributed by atoms with van der Waals surface area (Å²) in [5.41, 5.74) is 0.594. The maximum Gasteiger partial charge on any atom is 0.411 e. The molecule has 1 saturated heterocycles. The highest BCUT2D eigenvalue weighted by molar-refractivity contribution is 8.00. The molecule has 0 aliphatic carbocycles. The van der Waals surface area contributed by atoms with E-state index in [1.807, 2.05) is 13.8 Å². The fourth-order valence-corrected chi connectivity index (χ4v) is 3.94. The largest absolute Gasteiger partial charge is 0.444 e. The van der Waals surface area contributed by atoms with E-state index in [4.69, 9.17) is 4.74 Å². The van der Waals surface area contributed by atoms with Gasteiger partial charge in [0.2, 0.25) is 5.91 Å². The Balaban J connectivity index is 2.12. The van der Waals surface area contributed by atoms with Crippen molar-refractivity contribution < 1.29 is 18.7 Å². The van der Waals surface area contributed by atoms with Crippen LogP contribution in [0.1, 0.15) is 45.7 Å². The molecule has 7 heteroatoms. The minimum Gasteiger partial charge on any atom is -0.444 e. The summed E-state index contributed by atoms with van der Waals surface area (Å²) in [6, 6.07) is 4.13. The summed E-state index contributed by atoms with van der Waals surface area (Å²) < 4.78 is 18.7. The highest BCUT2D eigenvalue weighted by Gasteiger charge is 2.49. The second-order valence-electron chi connectivity index (χ2n) is 7.97. The molecular formula is C19H27FN2O3S. The molecule has 5 nitrogen and oxygen atoms in total. The first-order valence-electron chi connectivity index (χ1n) is 8.57. The molecule has 1 aliphatic rings. The maximum absolute atomic E-state index is 13.7.